The number of halogens is 8. The van der Waals surface area contributed by atoms with Crippen LogP contribution in [0.15, 0.2) is 97.8 Å². The lowest BCUT2D eigenvalue weighted by Gasteiger charge is -2.34. The molecule has 0 spiro atoms. The molecule has 8 rings (SSSR count). The summed E-state index contributed by atoms with van der Waals surface area (Å²) in [6.45, 7) is 9.92. The van der Waals surface area contributed by atoms with Gasteiger partial charge in [0.05, 0.1) is 36.8 Å². The number of rotatable bonds is 16. The maximum Gasteiger partial charge on any atom is 0.406 e. The summed E-state index contributed by atoms with van der Waals surface area (Å²) in [6.07, 6.45) is -4.31. The van der Waals surface area contributed by atoms with E-state index in [9.17, 15) is 44.7 Å². The average molecular weight is 1060 g/mol. The van der Waals surface area contributed by atoms with Gasteiger partial charge in [-0.2, -0.15) is 26.3 Å². The normalized spacial score (nSPS) is 13.3. The van der Waals surface area contributed by atoms with Crippen LogP contribution in [-0.4, -0.2) is 128 Å². The minimum absolute atomic E-state index is 0. The number of nitrogens with zero attached hydrogens (tertiary/aromatic N) is 9. The first-order valence-electron chi connectivity index (χ1n) is 23.0. The number of aromatic amines is 1. The van der Waals surface area contributed by atoms with E-state index in [0.29, 0.717) is 23.4 Å². The zero-order chi connectivity index (χ0) is 52.7. The Bertz CT molecular complexity index is 2960. The summed E-state index contributed by atoms with van der Waals surface area (Å²) in [4.78, 5) is 49.4. The van der Waals surface area contributed by atoms with Crippen molar-refractivity contribution in [2.45, 2.75) is 64.8 Å². The number of amides is 1. The molecule has 0 saturated carbocycles. The van der Waals surface area contributed by atoms with Gasteiger partial charge in [-0.1, -0.05) is 19.6 Å². The number of carbonyl (C=O) groups excluding carboxylic acids is 2. The van der Waals surface area contributed by atoms with E-state index >= 15 is 0 Å². The Balaban J connectivity index is 0.000000239. The number of carbonyl (C=O) groups is 2. The highest BCUT2D eigenvalue weighted by molar-refractivity contribution is 6.76. The molecule has 0 atom stereocenters. The SMILES string of the molecule is CCOC(=O)c1cn(COCC[Si](C)(C)C)c(-c2c(-c3ccc(F)cc3)ncn2CC(F)(F)F)n1.CN1CCN(c2ccc(NC(=O)c3cnc(-c4c(-c5ccc(F)cc5)ncn4CC(F)(F)F)[nH]3)cc2)CC1.O. The van der Waals surface area contributed by atoms with Gasteiger partial charge in [0.1, 0.15) is 48.5 Å². The fraction of sp³-hybridized carbons (Fsp3) is 0.347. The highest BCUT2D eigenvalue weighted by Gasteiger charge is 2.33. The van der Waals surface area contributed by atoms with Gasteiger partial charge in [0.2, 0.25) is 0 Å². The largest absolute Gasteiger partial charge is 0.461 e. The first-order chi connectivity index (χ1) is 34.5. The molecular formula is C49H55F8N11O5Si. The van der Waals surface area contributed by atoms with Crippen molar-refractivity contribution in [3.63, 3.8) is 0 Å². The molecule has 3 aromatic carbocycles. The Morgan fingerprint density at radius 2 is 1.28 bits per heavy atom. The second-order valence-corrected chi connectivity index (χ2v) is 23.9. The van der Waals surface area contributed by atoms with E-state index in [0.717, 1.165) is 59.7 Å². The molecule has 1 aliphatic rings. The van der Waals surface area contributed by atoms with Crippen LogP contribution >= 0.6 is 0 Å². The molecule has 74 heavy (non-hydrogen) atoms. The quantitative estimate of drug-likeness (QED) is 0.0409. The number of piperazine rings is 1. The number of likely N-dealkylation sites (N-methyl/N-ethyl adjacent to an activating group) is 1. The number of H-pyrrole nitrogens is 1. The molecule has 0 bridgehead atoms. The predicted molar refractivity (Wildman–Crippen MR) is 264 cm³/mol. The number of anilines is 2. The number of hydrogen-bond acceptors (Lipinski definition) is 10. The molecule has 0 radical (unpaired) electrons. The van der Waals surface area contributed by atoms with Gasteiger partial charge in [-0.25, -0.2) is 33.5 Å². The van der Waals surface area contributed by atoms with Crippen molar-refractivity contribution in [1.82, 2.24) is 43.5 Å². The summed E-state index contributed by atoms with van der Waals surface area (Å²) in [5, 5.41) is 2.78. The van der Waals surface area contributed by atoms with Crippen molar-refractivity contribution >= 4 is 31.3 Å². The number of alkyl halides is 6. The fourth-order valence-electron chi connectivity index (χ4n) is 7.63. The summed E-state index contributed by atoms with van der Waals surface area (Å²) in [7, 11) is 0.715. The number of ether oxygens (including phenoxy) is 2. The third-order valence-electron chi connectivity index (χ3n) is 11.3. The molecule has 16 nitrogen and oxygen atoms in total. The number of nitrogens with one attached hydrogen (secondary N) is 2. The van der Waals surface area contributed by atoms with Crippen LogP contribution in [0.25, 0.3) is 45.6 Å². The van der Waals surface area contributed by atoms with Crippen molar-refractivity contribution in [3.8, 4) is 45.6 Å². The summed E-state index contributed by atoms with van der Waals surface area (Å²) in [5.74, 6) is -2.10. The minimum Gasteiger partial charge on any atom is -0.461 e. The predicted octanol–water partition coefficient (Wildman–Crippen LogP) is 9.42. The number of hydrogen-bond donors (Lipinski definition) is 2. The van der Waals surface area contributed by atoms with Crippen LogP contribution in [0.5, 0.6) is 0 Å². The van der Waals surface area contributed by atoms with Gasteiger partial charge in [-0.15, -0.1) is 0 Å². The van der Waals surface area contributed by atoms with Gasteiger partial charge in [-0.05, 0) is 92.8 Å². The van der Waals surface area contributed by atoms with E-state index < -0.39 is 57.0 Å². The molecule has 25 heteroatoms. The van der Waals surface area contributed by atoms with E-state index in [1.807, 2.05) is 12.1 Å². The molecule has 5 heterocycles. The molecule has 7 aromatic rings. The zero-order valence-corrected chi connectivity index (χ0v) is 42.0. The molecule has 1 saturated heterocycles. The second-order valence-electron chi connectivity index (χ2n) is 18.3. The Hall–Kier alpha value is -7.22. The average Bonchev–Trinajstić information content (AvgIpc) is 4.15. The molecule has 4 N–H and O–H groups in total. The van der Waals surface area contributed by atoms with Crippen LogP contribution in [0.1, 0.15) is 27.9 Å². The van der Waals surface area contributed by atoms with Crippen molar-refractivity contribution in [3.05, 3.63) is 121 Å². The highest BCUT2D eigenvalue weighted by atomic mass is 28.3. The lowest BCUT2D eigenvalue weighted by atomic mass is 10.1. The highest BCUT2D eigenvalue weighted by Crippen LogP contribution is 2.35. The molecule has 1 fully saturated rings. The molecule has 0 aliphatic carbocycles. The molecular weight excluding hydrogens is 1000 g/mol. The fourth-order valence-corrected chi connectivity index (χ4v) is 8.39. The number of benzene rings is 3. The Labute approximate surface area is 421 Å². The summed E-state index contributed by atoms with van der Waals surface area (Å²) >= 11 is 0. The van der Waals surface area contributed by atoms with Gasteiger partial charge < -0.3 is 48.8 Å². The van der Waals surface area contributed by atoms with Crippen LogP contribution in [-0.2, 0) is 29.3 Å². The van der Waals surface area contributed by atoms with Crippen LogP contribution in [0, 0.1) is 11.6 Å². The maximum atomic E-state index is 13.5. The third-order valence-corrected chi connectivity index (χ3v) is 13.1. The summed E-state index contributed by atoms with van der Waals surface area (Å²) in [6, 6.07) is 18.8. The maximum absolute atomic E-state index is 13.5. The summed E-state index contributed by atoms with van der Waals surface area (Å²) in [5.41, 5.74) is 2.83. The Morgan fingerprint density at radius 1 is 0.743 bits per heavy atom. The Morgan fingerprint density at radius 3 is 1.81 bits per heavy atom. The monoisotopic (exact) mass is 1060 g/mol. The van der Waals surface area contributed by atoms with E-state index in [1.165, 1.54) is 65.5 Å². The topological polar surface area (TPSA) is 185 Å². The van der Waals surface area contributed by atoms with Crippen LogP contribution in [0.4, 0.5) is 46.5 Å². The van der Waals surface area contributed by atoms with E-state index in [4.69, 9.17) is 9.47 Å². The first-order valence-corrected chi connectivity index (χ1v) is 26.7. The molecule has 4 aromatic heterocycles. The first kappa shape index (κ1) is 56.1. The molecule has 1 amide bonds. The standard InChI is InChI=1S/C26H25F4N7O.C23H28F4N4O3Si.H2O/c1-35-10-12-36(13-11-35)20-8-6-19(7-9-20)33-25(38)21-14-31-24(34-21)23-22(17-2-4-18(27)5-3-17)32-16-37(23)15-26(28,29)30;1-5-34-22(32)18-12-30(15-33-10-11-35(2,3)4)21(29-18)20-19(16-6-8-17(24)9-7-16)28-14-31(20)13-23(25,26)27;/h2-9,14,16H,10-13,15H2,1H3,(H,31,34)(H,33,38);6-9,12,14H,5,10-11,13,15H2,1-4H3;1H2. The van der Waals surface area contributed by atoms with Crippen LogP contribution in [0.2, 0.25) is 25.7 Å². The van der Waals surface area contributed by atoms with Gasteiger partial charge in [0.25, 0.3) is 5.91 Å². The van der Waals surface area contributed by atoms with E-state index in [2.05, 4.69) is 66.7 Å². The van der Waals surface area contributed by atoms with Gasteiger partial charge in [-0.3, -0.25) is 4.79 Å². The zero-order valence-electron chi connectivity index (χ0n) is 41.0. The molecule has 1 aliphatic heterocycles. The van der Waals surface area contributed by atoms with Crippen molar-refractivity contribution in [2.24, 2.45) is 0 Å². The smallest absolute Gasteiger partial charge is 0.406 e. The van der Waals surface area contributed by atoms with E-state index in [1.54, 1.807) is 19.1 Å². The van der Waals surface area contributed by atoms with Gasteiger partial charge in [0.15, 0.2) is 17.3 Å². The molecule has 0 unspecified atom stereocenters. The van der Waals surface area contributed by atoms with Gasteiger partial charge >= 0.3 is 18.3 Å². The van der Waals surface area contributed by atoms with Crippen molar-refractivity contribution in [2.75, 3.05) is 56.7 Å². The Kier molecular flexibility index (Phi) is 18.0. The third kappa shape index (κ3) is 14.9. The summed E-state index contributed by atoms with van der Waals surface area (Å²) < 4.78 is 121. The number of esters is 1. The lowest BCUT2D eigenvalue weighted by molar-refractivity contribution is -0.141. The van der Waals surface area contributed by atoms with Gasteiger partial charge in [0, 0.05) is 69.6 Å². The van der Waals surface area contributed by atoms with Crippen molar-refractivity contribution < 1.29 is 59.7 Å². The number of imidazole rings is 4. The van der Waals surface area contributed by atoms with Crippen molar-refractivity contribution in [1.29, 1.82) is 0 Å². The second kappa shape index (κ2) is 23.8. The lowest BCUT2D eigenvalue weighted by Crippen LogP contribution is -2.44. The minimum atomic E-state index is -4.54. The van der Waals surface area contributed by atoms with Crippen LogP contribution < -0.4 is 10.2 Å². The molecule has 396 valence electrons. The number of aromatic nitrogens is 8. The van der Waals surface area contributed by atoms with Crippen LogP contribution in [0.3, 0.4) is 0 Å². The van der Waals surface area contributed by atoms with E-state index in [-0.39, 0.29) is 64.6 Å².